The Kier molecular flexibility index (Phi) is 4.01. The van der Waals surface area contributed by atoms with Crippen LogP contribution in [0.1, 0.15) is 17.0 Å². The molecule has 0 saturated heterocycles. The summed E-state index contributed by atoms with van der Waals surface area (Å²) in [6, 6.07) is 2.47. The van der Waals surface area contributed by atoms with Crippen LogP contribution in [0.4, 0.5) is 0 Å². The van der Waals surface area contributed by atoms with Crippen molar-refractivity contribution in [3.05, 3.63) is 17.9 Å². The third-order valence-electron chi connectivity index (χ3n) is 1.61. The van der Waals surface area contributed by atoms with Crippen LogP contribution in [0.5, 0.6) is 0 Å². The summed E-state index contributed by atoms with van der Waals surface area (Å²) in [4.78, 5) is 10.3. The SMILES string of the molecule is O=Cc1ccc(S(=O)(=O)NCCCO)o1. The molecule has 7 heteroatoms. The van der Waals surface area contributed by atoms with E-state index in [0.717, 1.165) is 0 Å². The maximum Gasteiger partial charge on any atom is 0.273 e. The number of carbonyl (C=O) groups excluding carboxylic acids is 1. The van der Waals surface area contributed by atoms with E-state index in [0.29, 0.717) is 12.7 Å². The number of hydrogen-bond donors (Lipinski definition) is 2. The first-order valence-electron chi connectivity index (χ1n) is 4.25. The van der Waals surface area contributed by atoms with Crippen LogP contribution < -0.4 is 4.72 Å². The minimum absolute atomic E-state index is 0.0440. The van der Waals surface area contributed by atoms with Crippen molar-refractivity contribution in [2.75, 3.05) is 13.2 Å². The third-order valence-corrected chi connectivity index (χ3v) is 2.94. The fourth-order valence-corrected chi connectivity index (χ4v) is 1.91. The second kappa shape index (κ2) is 5.06. The Hall–Kier alpha value is -1.18. The van der Waals surface area contributed by atoms with Crippen molar-refractivity contribution in [1.82, 2.24) is 4.72 Å². The number of furan rings is 1. The highest BCUT2D eigenvalue weighted by molar-refractivity contribution is 7.89. The van der Waals surface area contributed by atoms with Crippen LogP contribution in [0.15, 0.2) is 21.6 Å². The smallest absolute Gasteiger partial charge is 0.273 e. The normalized spacial score (nSPS) is 11.5. The molecule has 15 heavy (non-hydrogen) atoms. The average Bonchev–Trinajstić information content (AvgIpc) is 2.66. The fourth-order valence-electron chi connectivity index (χ4n) is 0.899. The topological polar surface area (TPSA) is 96.6 Å². The fraction of sp³-hybridized carbons (Fsp3) is 0.375. The molecule has 2 N–H and O–H groups in total. The summed E-state index contributed by atoms with van der Waals surface area (Å²) in [6.07, 6.45) is 0.743. The number of aliphatic hydroxyl groups excluding tert-OH is 1. The molecule has 1 aromatic heterocycles. The van der Waals surface area contributed by atoms with Crippen molar-refractivity contribution in [3.63, 3.8) is 0 Å². The third kappa shape index (κ3) is 3.15. The molecule has 84 valence electrons. The van der Waals surface area contributed by atoms with Crippen LogP contribution in [0.3, 0.4) is 0 Å². The van der Waals surface area contributed by atoms with E-state index in [-0.39, 0.29) is 24.0 Å². The molecule has 0 unspecified atom stereocenters. The average molecular weight is 233 g/mol. The highest BCUT2D eigenvalue weighted by atomic mass is 32.2. The molecule has 0 spiro atoms. The van der Waals surface area contributed by atoms with Gasteiger partial charge in [0.1, 0.15) is 0 Å². The van der Waals surface area contributed by atoms with Crippen molar-refractivity contribution in [2.45, 2.75) is 11.5 Å². The summed E-state index contributed by atoms with van der Waals surface area (Å²) in [5, 5.41) is 8.17. The van der Waals surface area contributed by atoms with E-state index in [4.69, 9.17) is 9.52 Å². The quantitative estimate of drug-likeness (QED) is 0.522. The summed E-state index contributed by atoms with van der Waals surface area (Å²) in [7, 11) is -3.71. The Bertz CT molecular complexity index is 422. The van der Waals surface area contributed by atoms with E-state index in [2.05, 4.69) is 4.72 Å². The number of aliphatic hydroxyl groups is 1. The monoisotopic (exact) mass is 233 g/mol. The summed E-state index contributed by atoms with van der Waals surface area (Å²) >= 11 is 0. The molecular weight excluding hydrogens is 222 g/mol. The summed E-state index contributed by atoms with van der Waals surface area (Å²) in [5.41, 5.74) is 0. The van der Waals surface area contributed by atoms with Gasteiger partial charge in [-0.2, -0.15) is 0 Å². The van der Waals surface area contributed by atoms with Gasteiger partial charge in [-0.1, -0.05) is 0 Å². The Morgan fingerprint density at radius 2 is 2.20 bits per heavy atom. The molecule has 0 atom stereocenters. The number of carbonyl (C=O) groups is 1. The molecule has 0 fully saturated rings. The van der Waals surface area contributed by atoms with Gasteiger partial charge in [-0.15, -0.1) is 0 Å². The standard InChI is InChI=1S/C8H11NO5S/c10-5-1-4-9-15(12,13)8-3-2-7(6-11)14-8/h2-3,6,9-10H,1,4-5H2. The molecule has 1 aromatic rings. The van der Waals surface area contributed by atoms with E-state index >= 15 is 0 Å². The molecule has 0 aliphatic carbocycles. The molecule has 0 radical (unpaired) electrons. The van der Waals surface area contributed by atoms with Crippen LogP contribution in [0.25, 0.3) is 0 Å². The first-order chi connectivity index (χ1) is 7.10. The van der Waals surface area contributed by atoms with Gasteiger partial charge >= 0.3 is 0 Å². The number of rotatable bonds is 6. The first kappa shape index (κ1) is 11.9. The maximum atomic E-state index is 11.4. The first-order valence-corrected chi connectivity index (χ1v) is 5.74. The molecular formula is C8H11NO5S. The minimum Gasteiger partial charge on any atom is -0.440 e. The molecule has 0 aliphatic heterocycles. The Morgan fingerprint density at radius 1 is 1.47 bits per heavy atom. The largest absolute Gasteiger partial charge is 0.440 e. The van der Waals surface area contributed by atoms with Crippen molar-refractivity contribution in [2.24, 2.45) is 0 Å². The Labute approximate surface area is 87.0 Å². The number of aldehydes is 1. The molecule has 1 heterocycles. The lowest BCUT2D eigenvalue weighted by molar-refractivity contribution is 0.109. The van der Waals surface area contributed by atoms with Crippen LogP contribution in [0.2, 0.25) is 0 Å². The van der Waals surface area contributed by atoms with Crippen molar-refractivity contribution >= 4 is 16.3 Å². The second-order valence-electron chi connectivity index (χ2n) is 2.75. The molecule has 0 bridgehead atoms. The number of nitrogens with one attached hydrogen (secondary N) is 1. The Morgan fingerprint density at radius 3 is 2.73 bits per heavy atom. The van der Waals surface area contributed by atoms with Gasteiger partial charge in [0.2, 0.25) is 5.09 Å². The lowest BCUT2D eigenvalue weighted by Crippen LogP contribution is -2.24. The number of hydrogen-bond acceptors (Lipinski definition) is 5. The van der Waals surface area contributed by atoms with Crippen molar-refractivity contribution in [3.8, 4) is 0 Å². The van der Waals surface area contributed by atoms with Gasteiger partial charge in [0.05, 0.1) is 0 Å². The van der Waals surface area contributed by atoms with E-state index < -0.39 is 10.0 Å². The predicted octanol–water partition coefficient (Wildman–Crippen LogP) is -0.247. The van der Waals surface area contributed by atoms with Crippen LogP contribution in [0, 0.1) is 0 Å². The molecule has 1 rings (SSSR count). The van der Waals surface area contributed by atoms with E-state index in [9.17, 15) is 13.2 Å². The highest BCUT2D eigenvalue weighted by Crippen LogP contribution is 2.11. The zero-order chi connectivity index (χ0) is 11.3. The van der Waals surface area contributed by atoms with E-state index in [1.165, 1.54) is 12.1 Å². The van der Waals surface area contributed by atoms with Gasteiger partial charge in [0.25, 0.3) is 10.0 Å². The van der Waals surface area contributed by atoms with Gasteiger partial charge in [-0.25, -0.2) is 13.1 Å². The van der Waals surface area contributed by atoms with Crippen LogP contribution in [-0.2, 0) is 10.0 Å². The molecule has 0 aliphatic rings. The van der Waals surface area contributed by atoms with Gasteiger partial charge in [-0.3, -0.25) is 4.79 Å². The lowest BCUT2D eigenvalue weighted by atomic mass is 10.5. The second-order valence-corrected chi connectivity index (χ2v) is 4.45. The van der Waals surface area contributed by atoms with Crippen LogP contribution in [-0.4, -0.2) is 33.0 Å². The van der Waals surface area contributed by atoms with Crippen molar-refractivity contribution < 1.29 is 22.7 Å². The summed E-state index contributed by atoms with van der Waals surface area (Å²) < 4.78 is 29.8. The van der Waals surface area contributed by atoms with Gasteiger partial charge in [-0.05, 0) is 18.6 Å². The van der Waals surface area contributed by atoms with E-state index in [1.54, 1.807) is 0 Å². The van der Waals surface area contributed by atoms with Crippen LogP contribution >= 0.6 is 0 Å². The van der Waals surface area contributed by atoms with E-state index in [1.807, 2.05) is 0 Å². The Balaban J connectivity index is 2.72. The van der Waals surface area contributed by atoms with Gasteiger partial charge < -0.3 is 9.52 Å². The van der Waals surface area contributed by atoms with Gasteiger partial charge in [0, 0.05) is 13.2 Å². The molecule has 0 amide bonds. The molecule has 0 aromatic carbocycles. The highest BCUT2D eigenvalue weighted by Gasteiger charge is 2.17. The zero-order valence-corrected chi connectivity index (χ0v) is 8.66. The predicted molar refractivity (Wildman–Crippen MR) is 51.0 cm³/mol. The number of sulfonamides is 1. The summed E-state index contributed by atoms with van der Waals surface area (Å²) in [6.45, 7) is 0.0240. The zero-order valence-electron chi connectivity index (χ0n) is 7.84. The molecule has 6 nitrogen and oxygen atoms in total. The minimum atomic E-state index is -3.71. The lowest BCUT2D eigenvalue weighted by Gasteiger charge is -2.01. The maximum absolute atomic E-state index is 11.4. The molecule has 0 saturated carbocycles. The van der Waals surface area contributed by atoms with Gasteiger partial charge in [0.15, 0.2) is 12.0 Å². The summed E-state index contributed by atoms with van der Waals surface area (Å²) in [5.74, 6) is -0.0440. The van der Waals surface area contributed by atoms with Crippen molar-refractivity contribution in [1.29, 1.82) is 0 Å².